The smallest absolute Gasteiger partial charge is 0.233 e. The Labute approximate surface area is 137 Å². The first-order valence-corrected chi connectivity index (χ1v) is 7.66. The average Bonchev–Trinajstić information content (AvgIpc) is 3.22. The summed E-state index contributed by atoms with van der Waals surface area (Å²) >= 11 is 0. The fraction of sp³-hybridized carbons (Fsp3) is 0.588. The van der Waals surface area contributed by atoms with Crippen molar-refractivity contribution in [2.45, 2.75) is 44.6 Å². The van der Waals surface area contributed by atoms with E-state index in [2.05, 4.69) is 13.8 Å². The maximum Gasteiger partial charge on any atom is 0.233 e. The summed E-state index contributed by atoms with van der Waals surface area (Å²) in [5.74, 6) is -0.124. The number of piperidine rings is 1. The van der Waals surface area contributed by atoms with E-state index in [-0.39, 0.29) is 35.6 Å². The summed E-state index contributed by atoms with van der Waals surface area (Å²) in [6, 6.07) is 6.62. The van der Waals surface area contributed by atoms with Crippen LogP contribution in [0.15, 0.2) is 24.3 Å². The van der Waals surface area contributed by atoms with Gasteiger partial charge in [-0.25, -0.2) is 4.39 Å². The van der Waals surface area contributed by atoms with E-state index in [0.29, 0.717) is 13.1 Å². The van der Waals surface area contributed by atoms with Crippen molar-refractivity contribution in [3.05, 3.63) is 35.6 Å². The zero-order chi connectivity index (χ0) is 15.3. The van der Waals surface area contributed by atoms with Crippen molar-refractivity contribution in [1.82, 2.24) is 4.90 Å². The minimum Gasteiger partial charge on any atom is -0.341 e. The van der Waals surface area contributed by atoms with Crippen LogP contribution < -0.4 is 5.73 Å². The molecule has 1 atom stereocenters. The van der Waals surface area contributed by atoms with Gasteiger partial charge in [-0.2, -0.15) is 0 Å². The highest BCUT2D eigenvalue weighted by atomic mass is 35.5. The second-order valence-corrected chi connectivity index (χ2v) is 7.20. The third kappa shape index (κ3) is 2.86. The first-order valence-electron chi connectivity index (χ1n) is 7.66. The molecule has 2 fully saturated rings. The van der Waals surface area contributed by atoms with Crippen LogP contribution in [0, 0.1) is 11.2 Å². The Hall–Kier alpha value is -1.13. The third-order valence-electron chi connectivity index (χ3n) is 5.14. The number of carbonyl (C=O) groups is 1. The SMILES string of the molecule is CC1(C)CN(C(=O)C2(c3cccc(F)c3)CC2)CCC1N.Cl. The van der Waals surface area contributed by atoms with E-state index in [1.807, 2.05) is 11.0 Å². The van der Waals surface area contributed by atoms with Crippen LogP contribution in [0.2, 0.25) is 0 Å². The largest absolute Gasteiger partial charge is 0.341 e. The van der Waals surface area contributed by atoms with E-state index >= 15 is 0 Å². The molecule has 122 valence electrons. The van der Waals surface area contributed by atoms with Crippen molar-refractivity contribution in [2.75, 3.05) is 13.1 Å². The van der Waals surface area contributed by atoms with E-state index in [0.717, 1.165) is 24.8 Å². The van der Waals surface area contributed by atoms with Gasteiger partial charge in [0.2, 0.25) is 5.91 Å². The van der Waals surface area contributed by atoms with E-state index in [1.165, 1.54) is 12.1 Å². The van der Waals surface area contributed by atoms with Gasteiger partial charge in [0.1, 0.15) is 5.82 Å². The molecule has 1 heterocycles. The van der Waals surface area contributed by atoms with Crippen molar-refractivity contribution >= 4 is 18.3 Å². The summed E-state index contributed by atoms with van der Waals surface area (Å²) in [5, 5.41) is 0. The number of nitrogens with two attached hydrogens (primary N) is 1. The zero-order valence-electron chi connectivity index (χ0n) is 13.1. The molecule has 2 N–H and O–H groups in total. The van der Waals surface area contributed by atoms with Crippen molar-refractivity contribution < 1.29 is 9.18 Å². The van der Waals surface area contributed by atoms with Crippen molar-refractivity contribution in [2.24, 2.45) is 11.1 Å². The summed E-state index contributed by atoms with van der Waals surface area (Å²) in [7, 11) is 0. The maximum absolute atomic E-state index is 13.5. The molecule has 0 radical (unpaired) electrons. The van der Waals surface area contributed by atoms with Gasteiger partial charge >= 0.3 is 0 Å². The van der Waals surface area contributed by atoms with Gasteiger partial charge in [0, 0.05) is 19.1 Å². The third-order valence-corrected chi connectivity index (χ3v) is 5.14. The summed E-state index contributed by atoms with van der Waals surface area (Å²) in [6.07, 6.45) is 2.47. The number of hydrogen-bond donors (Lipinski definition) is 1. The summed E-state index contributed by atoms with van der Waals surface area (Å²) < 4.78 is 13.5. The number of halogens is 2. The molecule has 1 saturated carbocycles. The van der Waals surface area contributed by atoms with Gasteiger partial charge in [0.15, 0.2) is 0 Å². The Morgan fingerprint density at radius 2 is 2.05 bits per heavy atom. The molecule has 0 aromatic heterocycles. The van der Waals surface area contributed by atoms with Gasteiger partial charge in [-0.3, -0.25) is 4.79 Å². The van der Waals surface area contributed by atoms with E-state index in [1.54, 1.807) is 6.07 Å². The van der Waals surface area contributed by atoms with Gasteiger partial charge in [0.05, 0.1) is 5.41 Å². The highest BCUT2D eigenvalue weighted by molar-refractivity contribution is 5.91. The highest BCUT2D eigenvalue weighted by Crippen LogP contribution is 2.50. The van der Waals surface area contributed by atoms with Crippen LogP contribution in [-0.4, -0.2) is 29.9 Å². The standard InChI is InChI=1S/C17H23FN2O.ClH/c1-16(2)11-20(9-6-14(16)19)15(21)17(7-8-17)12-4-3-5-13(18)10-12;/h3-5,10,14H,6-9,11,19H2,1-2H3;1H. The number of nitrogens with zero attached hydrogens (tertiary/aromatic N) is 1. The van der Waals surface area contributed by atoms with Crippen LogP contribution in [-0.2, 0) is 10.2 Å². The molecular weight excluding hydrogens is 303 g/mol. The van der Waals surface area contributed by atoms with Crippen LogP contribution in [0.3, 0.4) is 0 Å². The quantitative estimate of drug-likeness (QED) is 0.908. The maximum atomic E-state index is 13.5. The van der Waals surface area contributed by atoms with Gasteiger partial charge in [0.25, 0.3) is 0 Å². The molecule has 3 nitrogen and oxygen atoms in total. The molecule has 1 saturated heterocycles. The lowest BCUT2D eigenvalue weighted by Crippen LogP contribution is -2.55. The molecule has 1 aliphatic heterocycles. The number of hydrogen-bond acceptors (Lipinski definition) is 2. The van der Waals surface area contributed by atoms with Crippen molar-refractivity contribution in [1.29, 1.82) is 0 Å². The molecule has 1 amide bonds. The molecule has 0 spiro atoms. The van der Waals surface area contributed by atoms with Crippen LogP contribution in [0.4, 0.5) is 4.39 Å². The normalized spacial score (nSPS) is 25.3. The number of rotatable bonds is 2. The van der Waals surface area contributed by atoms with Crippen LogP contribution >= 0.6 is 12.4 Å². The van der Waals surface area contributed by atoms with Gasteiger partial charge in [-0.05, 0) is 42.4 Å². The molecule has 0 bridgehead atoms. The molecule has 3 rings (SSSR count). The van der Waals surface area contributed by atoms with Gasteiger partial charge in [-0.1, -0.05) is 26.0 Å². The Bertz CT molecular complexity index is 572. The molecule has 1 aromatic rings. The second-order valence-electron chi connectivity index (χ2n) is 7.20. The van der Waals surface area contributed by atoms with E-state index < -0.39 is 5.41 Å². The summed E-state index contributed by atoms with van der Waals surface area (Å²) in [4.78, 5) is 14.9. The molecular formula is C17H24ClFN2O. The molecule has 5 heteroatoms. The Balaban J connectivity index is 0.00000176. The first kappa shape index (κ1) is 17.2. The predicted octanol–water partition coefficient (Wildman–Crippen LogP) is 2.86. The minimum atomic E-state index is -0.486. The lowest BCUT2D eigenvalue weighted by atomic mass is 9.79. The lowest BCUT2D eigenvalue weighted by molar-refractivity contribution is -0.137. The van der Waals surface area contributed by atoms with Crippen molar-refractivity contribution in [3.8, 4) is 0 Å². The van der Waals surface area contributed by atoms with Crippen LogP contribution in [0.1, 0.15) is 38.7 Å². The van der Waals surface area contributed by atoms with E-state index in [4.69, 9.17) is 5.73 Å². The lowest BCUT2D eigenvalue weighted by Gasteiger charge is -2.43. The fourth-order valence-corrected chi connectivity index (χ4v) is 3.39. The number of carbonyl (C=O) groups excluding carboxylic acids is 1. The number of likely N-dealkylation sites (tertiary alicyclic amines) is 1. The number of benzene rings is 1. The Morgan fingerprint density at radius 1 is 1.36 bits per heavy atom. The number of amides is 1. The van der Waals surface area contributed by atoms with Gasteiger partial charge in [-0.15, -0.1) is 12.4 Å². The molecule has 1 aromatic carbocycles. The average molecular weight is 327 g/mol. The van der Waals surface area contributed by atoms with Crippen molar-refractivity contribution in [3.63, 3.8) is 0 Å². The zero-order valence-corrected chi connectivity index (χ0v) is 14.0. The summed E-state index contributed by atoms with van der Waals surface area (Å²) in [5.41, 5.74) is 6.41. The second kappa shape index (κ2) is 5.82. The molecule has 1 unspecified atom stereocenters. The van der Waals surface area contributed by atoms with Gasteiger partial charge < -0.3 is 10.6 Å². The monoisotopic (exact) mass is 326 g/mol. The molecule has 1 aliphatic carbocycles. The van der Waals surface area contributed by atoms with Crippen LogP contribution in [0.5, 0.6) is 0 Å². The summed E-state index contributed by atoms with van der Waals surface area (Å²) in [6.45, 7) is 5.61. The topological polar surface area (TPSA) is 46.3 Å². The van der Waals surface area contributed by atoms with Crippen LogP contribution in [0.25, 0.3) is 0 Å². The highest BCUT2D eigenvalue weighted by Gasteiger charge is 2.54. The minimum absolute atomic E-state index is 0. The molecule has 2 aliphatic rings. The Kier molecular flexibility index (Phi) is 4.56. The Morgan fingerprint density at radius 3 is 2.59 bits per heavy atom. The van der Waals surface area contributed by atoms with E-state index in [9.17, 15) is 9.18 Å². The first-order chi connectivity index (χ1) is 9.85. The fourth-order valence-electron chi connectivity index (χ4n) is 3.39. The molecule has 22 heavy (non-hydrogen) atoms. The predicted molar refractivity (Wildman–Crippen MR) is 87.5 cm³/mol.